The number of H-pyrrole nitrogens is 1. The van der Waals surface area contributed by atoms with Gasteiger partial charge in [-0.2, -0.15) is 10.2 Å². The van der Waals surface area contributed by atoms with E-state index in [1.54, 1.807) is 49.6 Å². The standard InChI is InChI=1S/C29H32N4O6/c1-5-6-8-20-25(27-22(38-3)9-7-10-23(27)39-4)28(35)26(29(36)31-20)21-15-18(32-33-21)16-24(34)30-17-11-13-19(37-2)14-12-17/h7,9-14H,5-6,8,15-16H2,1-4H3,(H,30,34)(H2,31,35,36). The summed E-state index contributed by atoms with van der Waals surface area (Å²) in [5, 5.41) is 22.7. The number of amides is 1. The molecule has 1 aromatic heterocycles. The molecule has 0 saturated carbocycles. The Labute approximate surface area is 226 Å². The number of benzene rings is 2. The van der Waals surface area contributed by atoms with Crippen LogP contribution in [0.15, 0.2) is 57.5 Å². The number of aryl methyl sites for hydroxylation is 1. The summed E-state index contributed by atoms with van der Waals surface area (Å²) in [7, 11) is 4.64. The summed E-state index contributed by atoms with van der Waals surface area (Å²) in [4.78, 5) is 28.8. The molecule has 0 spiro atoms. The van der Waals surface area contributed by atoms with Crippen LogP contribution in [0.5, 0.6) is 23.0 Å². The Morgan fingerprint density at radius 2 is 1.67 bits per heavy atom. The molecule has 204 valence electrons. The Hall–Kier alpha value is -4.60. The van der Waals surface area contributed by atoms with Crippen molar-refractivity contribution in [1.82, 2.24) is 4.98 Å². The maximum atomic E-state index is 13.2. The van der Waals surface area contributed by atoms with E-state index in [9.17, 15) is 14.7 Å². The van der Waals surface area contributed by atoms with E-state index in [2.05, 4.69) is 20.5 Å². The van der Waals surface area contributed by atoms with Gasteiger partial charge >= 0.3 is 0 Å². The van der Waals surface area contributed by atoms with Gasteiger partial charge in [-0.1, -0.05) is 19.4 Å². The number of hydrogen-bond acceptors (Lipinski definition) is 8. The second-order valence-corrected chi connectivity index (χ2v) is 9.02. The van der Waals surface area contributed by atoms with Crippen LogP contribution >= 0.6 is 0 Å². The predicted molar refractivity (Wildman–Crippen MR) is 151 cm³/mol. The second-order valence-electron chi connectivity index (χ2n) is 9.02. The van der Waals surface area contributed by atoms with Crippen molar-refractivity contribution in [3.8, 4) is 34.1 Å². The van der Waals surface area contributed by atoms with Crippen molar-refractivity contribution in [2.24, 2.45) is 10.2 Å². The van der Waals surface area contributed by atoms with E-state index in [0.717, 1.165) is 12.8 Å². The Balaban J connectivity index is 1.63. The number of aromatic hydroxyl groups is 1. The molecule has 0 atom stereocenters. The average Bonchev–Trinajstić information content (AvgIpc) is 3.39. The van der Waals surface area contributed by atoms with Crippen molar-refractivity contribution >= 4 is 23.0 Å². The monoisotopic (exact) mass is 532 g/mol. The smallest absolute Gasteiger partial charge is 0.261 e. The van der Waals surface area contributed by atoms with Gasteiger partial charge < -0.3 is 29.6 Å². The molecule has 1 aliphatic heterocycles. The van der Waals surface area contributed by atoms with Gasteiger partial charge in [-0.3, -0.25) is 9.59 Å². The number of aromatic nitrogens is 1. The molecule has 1 amide bonds. The second kappa shape index (κ2) is 12.3. The molecule has 0 saturated heterocycles. The fraction of sp³-hybridized carbons (Fsp3) is 0.310. The molecule has 0 bridgehead atoms. The lowest BCUT2D eigenvalue weighted by atomic mass is 9.93. The van der Waals surface area contributed by atoms with E-state index in [-0.39, 0.29) is 35.8 Å². The zero-order valence-electron chi connectivity index (χ0n) is 22.5. The number of carbonyl (C=O) groups excluding carboxylic acids is 1. The highest BCUT2D eigenvalue weighted by molar-refractivity contribution is 6.20. The number of methoxy groups -OCH3 is 3. The molecular weight excluding hydrogens is 500 g/mol. The molecule has 0 radical (unpaired) electrons. The van der Waals surface area contributed by atoms with E-state index in [4.69, 9.17) is 14.2 Å². The van der Waals surface area contributed by atoms with Crippen molar-refractivity contribution in [3.63, 3.8) is 0 Å². The van der Waals surface area contributed by atoms with Gasteiger partial charge in [0, 0.05) is 17.8 Å². The van der Waals surface area contributed by atoms with E-state index in [1.165, 1.54) is 14.2 Å². The number of hydrogen-bond donors (Lipinski definition) is 3. The fourth-order valence-electron chi connectivity index (χ4n) is 4.51. The third-order valence-corrected chi connectivity index (χ3v) is 6.44. The van der Waals surface area contributed by atoms with E-state index < -0.39 is 5.56 Å². The molecule has 0 unspecified atom stereocenters. The first kappa shape index (κ1) is 27.4. The van der Waals surface area contributed by atoms with Gasteiger partial charge in [0.15, 0.2) is 0 Å². The average molecular weight is 533 g/mol. The zero-order chi connectivity index (χ0) is 27.9. The highest BCUT2D eigenvalue weighted by Crippen LogP contribution is 2.45. The number of nitrogens with one attached hydrogen (secondary N) is 2. The molecule has 10 heteroatoms. The highest BCUT2D eigenvalue weighted by atomic mass is 16.5. The van der Waals surface area contributed by atoms with Gasteiger partial charge in [-0.15, -0.1) is 0 Å². The van der Waals surface area contributed by atoms with Gasteiger partial charge in [-0.05, 0) is 49.2 Å². The van der Waals surface area contributed by atoms with Gasteiger partial charge in [0.05, 0.1) is 50.3 Å². The summed E-state index contributed by atoms with van der Waals surface area (Å²) >= 11 is 0. The van der Waals surface area contributed by atoms with Crippen molar-refractivity contribution in [2.45, 2.75) is 39.0 Å². The van der Waals surface area contributed by atoms with Crippen molar-refractivity contribution in [1.29, 1.82) is 0 Å². The lowest BCUT2D eigenvalue weighted by molar-refractivity contribution is -0.115. The molecule has 0 fully saturated rings. The Kier molecular flexibility index (Phi) is 8.65. The van der Waals surface area contributed by atoms with Crippen molar-refractivity contribution in [3.05, 3.63) is 64.1 Å². The van der Waals surface area contributed by atoms with E-state index >= 15 is 0 Å². The summed E-state index contributed by atoms with van der Waals surface area (Å²) in [6.45, 7) is 2.05. The van der Waals surface area contributed by atoms with Crippen LogP contribution < -0.4 is 25.1 Å². The van der Waals surface area contributed by atoms with Crippen LogP contribution in [0, 0.1) is 0 Å². The van der Waals surface area contributed by atoms with Crippen LogP contribution in [0.1, 0.15) is 43.9 Å². The van der Waals surface area contributed by atoms with Crippen LogP contribution in [0.4, 0.5) is 5.69 Å². The Morgan fingerprint density at radius 1 is 0.974 bits per heavy atom. The predicted octanol–water partition coefficient (Wildman–Crippen LogP) is 4.69. The largest absolute Gasteiger partial charge is 0.506 e. The first-order valence-electron chi connectivity index (χ1n) is 12.7. The van der Waals surface area contributed by atoms with Crippen LogP contribution in [-0.2, 0) is 11.2 Å². The quantitative estimate of drug-likeness (QED) is 0.328. The number of pyridine rings is 1. The first-order chi connectivity index (χ1) is 18.9. The molecule has 2 aromatic carbocycles. The molecule has 10 nitrogen and oxygen atoms in total. The van der Waals surface area contributed by atoms with E-state index in [1.807, 2.05) is 6.92 Å². The maximum Gasteiger partial charge on any atom is 0.261 e. The van der Waals surface area contributed by atoms with Crippen molar-refractivity contribution < 1.29 is 24.1 Å². The number of rotatable bonds is 11. The minimum Gasteiger partial charge on any atom is -0.506 e. The molecule has 4 rings (SSSR count). The third-order valence-electron chi connectivity index (χ3n) is 6.44. The topological polar surface area (TPSA) is 135 Å². The molecule has 3 N–H and O–H groups in total. The maximum absolute atomic E-state index is 13.2. The summed E-state index contributed by atoms with van der Waals surface area (Å²) in [6.07, 6.45) is 2.37. The zero-order valence-corrected chi connectivity index (χ0v) is 22.5. The lowest BCUT2D eigenvalue weighted by Gasteiger charge is -2.19. The summed E-state index contributed by atoms with van der Waals surface area (Å²) in [6, 6.07) is 12.3. The Morgan fingerprint density at radius 3 is 2.28 bits per heavy atom. The minimum atomic E-state index is -0.478. The molecule has 3 aromatic rings. The van der Waals surface area contributed by atoms with Crippen LogP contribution in [-0.4, -0.2) is 48.8 Å². The molecular formula is C29H32N4O6. The number of unbranched alkanes of at least 4 members (excludes halogenated alkanes) is 1. The highest BCUT2D eigenvalue weighted by Gasteiger charge is 2.28. The van der Waals surface area contributed by atoms with Gasteiger partial charge in [0.1, 0.15) is 28.6 Å². The molecule has 2 heterocycles. The van der Waals surface area contributed by atoms with Crippen LogP contribution in [0.25, 0.3) is 11.1 Å². The van der Waals surface area contributed by atoms with E-state index in [0.29, 0.717) is 51.9 Å². The number of aromatic amines is 1. The first-order valence-corrected chi connectivity index (χ1v) is 12.7. The molecule has 39 heavy (non-hydrogen) atoms. The summed E-state index contributed by atoms with van der Waals surface area (Å²) in [5.41, 5.74) is 2.42. The lowest BCUT2D eigenvalue weighted by Crippen LogP contribution is -2.22. The SMILES string of the molecule is CCCCc1[nH]c(=O)c(C2=NN=C(CC(=O)Nc3ccc(OC)cc3)C2)c(O)c1-c1c(OC)cccc1OC. The number of carbonyl (C=O) groups is 1. The Bertz CT molecular complexity index is 1450. The fourth-order valence-corrected chi connectivity index (χ4v) is 4.51. The number of ether oxygens (including phenoxy) is 3. The van der Waals surface area contributed by atoms with Gasteiger partial charge in [0.25, 0.3) is 5.56 Å². The third kappa shape index (κ3) is 5.95. The minimum absolute atomic E-state index is 0.00696. The van der Waals surface area contributed by atoms with Crippen molar-refractivity contribution in [2.75, 3.05) is 26.6 Å². The van der Waals surface area contributed by atoms with Gasteiger partial charge in [0.2, 0.25) is 5.91 Å². The van der Waals surface area contributed by atoms with Crippen LogP contribution in [0.3, 0.4) is 0 Å². The summed E-state index contributed by atoms with van der Waals surface area (Å²) < 4.78 is 16.3. The van der Waals surface area contributed by atoms with Crippen LogP contribution in [0.2, 0.25) is 0 Å². The molecule has 0 aliphatic carbocycles. The normalized spacial score (nSPS) is 12.5. The number of nitrogens with zero attached hydrogens (tertiary/aromatic N) is 2. The number of anilines is 1. The molecule has 1 aliphatic rings. The van der Waals surface area contributed by atoms with Gasteiger partial charge in [-0.25, -0.2) is 0 Å². The summed E-state index contributed by atoms with van der Waals surface area (Å²) in [5.74, 6) is 1.15.